The topological polar surface area (TPSA) is 90.0 Å². The van der Waals surface area contributed by atoms with Crippen molar-refractivity contribution >= 4 is 21.5 Å². The van der Waals surface area contributed by atoms with Gasteiger partial charge in [0.15, 0.2) is 20.6 Å². The predicted molar refractivity (Wildman–Crippen MR) is 64.2 cm³/mol. The van der Waals surface area contributed by atoms with E-state index in [0.717, 1.165) is 12.7 Å². The van der Waals surface area contributed by atoms with Crippen molar-refractivity contribution in [2.45, 2.75) is 31.7 Å². The fraction of sp³-hybridized carbons (Fsp3) is 0.667. The van der Waals surface area contributed by atoms with Gasteiger partial charge in [0.2, 0.25) is 0 Å². The highest BCUT2D eigenvalue weighted by atomic mass is 32.2. The van der Waals surface area contributed by atoms with E-state index in [2.05, 4.69) is 10.4 Å². The van der Waals surface area contributed by atoms with Gasteiger partial charge in [-0.05, 0) is 13.3 Å². The lowest BCUT2D eigenvalue weighted by molar-refractivity contribution is 0.602. The first-order valence-corrected chi connectivity index (χ1v) is 7.11. The molecule has 0 aliphatic carbocycles. The van der Waals surface area contributed by atoms with Crippen LogP contribution in [0.1, 0.15) is 20.3 Å². The molecule has 1 aromatic rings. The van der Waals surface area contributed by atoms with Crippen molar-refractivity contribution in [2.75, 3.05) is 23.9 Å². The van der Waals surface area contributed by atoms with E-state index in [9.17, 15) is 8.42 Å². The number of nitrogen functional groups attached to an aromatic ring is 1. The summed E-state index contributed by atoms with van der Waals surface area (Å²) >= 11 is 0. The molecule has 0 saturated carbocycles. The van der Waals surface area contributed by atoms with Gasteiger partial charge in [-0.1, -0.05) is 6.92 Å². The van der Waals surface area contributed by atoms with Crippen LogP contribution in [0.25, 0.3) is 0 Å². The van der Waals surface area contributed by atoms with Crippen LogP contribution in [0.2, 0.25) is 0 Å². The zero-order valence-electron chi connectivity index (χ0n) is 9.82. The van der Waals surface area contributed by atoms with Crippen LogP contribution in [0.4, 0.5) is 11.6 Å². The number of aryl methyl sites for hydroxylation is 1. The Kier molecular flexibility index (Phi) is 3.79. The van der Waals surface area contributed by atoms with Crippen LogP contribution in [-0.4, -0.2) is 31.0 Å². The molecule has 1 heterocycles. The summed E-state index contributed by atoms with van der Waals surface area (Å²) in [6.07, 6.45) is 2.03. The number of anilines is 2. The van der Waals surface area contributed by atoms with Crippen molar-refractivity contribution < 1.29 is 8.42 Å². The number of hydrogen-bond acceptors (Lipinski definition) is 5. The molecule has 1 aromatic heterocycles. The normalized spacial score (nSPS) is 11.7. The van der Waals surface area contributed by atoms with Gasteiger partial charge in [-0.2, -0.15) is 5.10 Å². The summed E-state index contributed by atoms with van der Waals surface area (Å²) in [7, 11) is -3.35. The number of aromatic nitrogens is 2. The van der Waals surface area contributed by atoms with Crippen molar-refractivity contribution in [3.8, 4) is 0 Å². The number of hydrogen-bond donors (Lipinski definition) is 2. The van der Waals surface area contributed by atoms with Gasteiger partial charge in [0, 0.05) is 19.3 Å². The lowest BCUT2D eigenvalue weighted by Crippen LogP contribution is -2.07. The molecule has 3 N–H and O–H groups in total. The SMILES string of the molecule is CCCNc1nn(CC)c(N)c1S(C)(=O)=O. The molecule has 92 valence electrons. The number of nitrogens with zero attached hydrogens (tertiary/aromatic N) is 2. The lowest BCUT2D eigenvalue weighted by Gasteiger charge is -2.02. The average molecular weight is 246 g/mol. The van der Waals surface area contributed by atoms with E-state index in [1.54, 1.807) is 0 Å². The highest BCUT2D eigenvalue weighted by Gasteiger charge is 2.23. The number of nitrogens with two attached hydrogens (primary N) is 1. The third kappa shape index (κ3) is 2.46. The van der Waals surface area contributed by atoms with Gasteiger partial charge in [0.25, 0.3) is 0 Å². The Balaban J connectivity index is 3.26. The van der Waals surface area contributed by atoms with Crippen LogP contribution < -0.4 is 11.1 Å². The summed E-state index contributed by atoms with van der Waals surface area (Å²) in [4.78, 5) is 0.0998. The molecule has 0 radical (unpaired) electrons. The second-order valence-corrected chi connectivity index (χ2v) is 5.53. The quantitative estimate of drug-likeness (QED) is 0.798. The Morgan fingerprint density at radius 3 is 2.50 bits per heavy atom. The maximum atomic E-state index is 11.6. The first kappa shape index (κ1) is 12.8. The molecule has 0 bridgehead atoms. The third-order valence-corrected chi connectivity index (χ3v) is 3.30. The smallest absolute Gasteiger partial charge is 0.182 e. The first-order valence-electron chi connectivity index (χ1n) is 5.22. The van der Waals surface area contributed by atoms with Crippen molar-refractivity contribution in [1.29, 1.82) is 0 Å². The standard InChI is InChI=1S/C9H18N4O2S/c1-4-6-11-9-7(16(3,14)15)8(10)13(5-2)12-9/h4-6,10H2,1-3H3,(H,11,12). The number of sulfone groups is 1. The number of rotatable bonds is 5. The molecule has 1 rings (SSSR count). The Labute approximate surface area is 95.7 Å². The van der Waals surface area contributed by atoms with Crippen LogP contribution in [0.3, 0.4) is 0 Å². The highest BCUT2D eigenvalue weighted by Crippen LogP contribution is 2.26. The van der Waals surface area contributed by atoms with E-state index in [4.69, 9.17) is 5.73 Å². The molecule has 0 aliphatic heterocycles. The molecule has 6 nitrogen and oxygen atoms in total. The molecular weight excluding hydrogens is 228 g/mol. The minimum atomic E-state index is -3.35. The summed E-state index contributed by atoms with van der Waals surface area (Å²) in [6, 6.07) is 0. The molecule has 0 aromatic carbocycles. The lowest BCUT2D eigenvalue weighted by atomic mass is 10.4. The maximum absolute atomic E-state index is 11.6. The van der Waals surface area contributed by atoms with Crippen LogP contribution in [0, 0.1) is 0 Å². The molecule has 0 unspecified atom stereocenters. The van der Waals surface area contributed by atoms with Gasteiger partial charge >= 0.3 is 0 Å². The summed E-state index contributed by atoms with van der Waals surface area (Å²) in [5, 5.41) is 7.11. The molecule has 0 fully saturated rings. The van der Waals surface area contributed by atoms with Crippen LogP contribution in [0.5, 0.6) is 0 Å². The van der Waals surface area contributed by atoms with Crippen molar-refractivity contribution in [1.82, 2.24) is 9.78 Å². The molecular formula is C9H18N4O2S. The van der Waals surface area contributed by atoms with Crippen LogP contribution >= 0.6 is 0 Å². The Hall–Kier alpha value is -1.24. The maximum Gasteiger partial charge on any atom is 0.182 e. The minimum Gasteiger partial charge on any atom is -0.383 e. The van der Waals surface area contributed by atoms with Crippen molar-refractivity contribution in [3.05, 3.63) is 0 Å². The molecule has 0 amide bonds. The molecule has 16 heavy (non-hydrogen) atoms. The van der Waals surface area contributed by atoms with Crippen molar-refractivity contribution in [3.63, 3.8) is 0 Å². The van der Waals surface area contributed by atoms with Gasteiger partial charge < -0.3 is 11.1 Å². The monoisotopic (exact) mass is 246 g/mol. The Morgan fingerprint density at radius 1 is 1.44 bits per heavy atom. The largest absolute Gasteiger partial charge is 0.383 e. The van der Waals surface area contributed by atoms with E-state index in [1.807, 2.05) is 13.8 Å². The minimum absolute atomic E-state index is 0.0998. The zero-order valence-corrected chi connectivity index (χ0v) is 10.6. The predicted octanol–water partition coefficient (Wildman–Crippen LogP) is 0.711. The van der Waals surface area contributed by atoms with Gasteiger partial charge in [0.05, 0.1) is 0 Å². The van der Waals surface area contributed by atoms with Crippen LogP contribution in [0.15, 0.2) is 4.90 Å². The first-order chi connectivity index (χ1) is 7.41. The van der Waals surface area contributed by atoms with E-state index in [-0.39, 0.29) is 10.7 Å². The Morgan fingerprint density at radius 2 is 2.06 bits per heavy atom. The fourth-order valence-corrected chi connectivity index (χ4v) is 2.37. The third-order valence-electron chi connectivity index (χ3n) is 2.16. The average Bonchev–Trinajstić information content (AvgIpc) is 2.51. The Bertz CT molecular complexity index is 464. The molecule has 0 atom stereocenters. The molecule has 0 spiro atoms. The highest BCUT2D eigenvalue weighted by molar-refractivity contribution is 7.91. The molecule has 0 saturated heterocycles. The van der Waals surface area contributed by atoms with Gasteiger partial charge in [0.1, 0.15) is 5.82 Å². The van der Waals surface area contributed by atoms with Gasteiger partial charge in [-0.3, -0.25) is 0 Å². The van der Waals surface area contributed by atoms with Crippen molar-refractivity contribution in [2.24, 2.45) is 0 Å². The zero-order chi connectivity index (χ0) is 12.3. The summed E-state index contributed by atoms with van der Waals surface area (Å²) < 4.78 is 24.7. The molecule has 7 heteroatoms. The van der Waals surface area contributed by atoms with Crippen LogP contribution in [-0.2, 0) is 16.4 Å². The van der Waals surface area contributed by atoms with Gasteiger partial charge in [-0.15, -0.1) is 0 Å². The summed E-state index contributed by atoms with van der Waals surface area (Å²) in [6.45, 7) is 5.07. The van der Waals surface area contributed by atoms with E-state index in [0.29, 0.717) is 18.9 Å². The molecule has 0 aliphatic rings. The van der Waals surface area contributed by atoms with E-state index < -0.39 is 9.84 Å². The van der Waals surface area contributed by atoms with E-state index >= 15 is 0 Å². The fourth-order valence-electron chi connectivity index (χ4n) is 1.42. The second-order valence-electron chi connectivity index (χ2n) is 3.58. The summed E-state index contributed by atoms with van der Waals surface area (Å²) in [5.41, 5.74) is 5.75. The summed E-state index contributed by atoms with van der Waals surface area (Å²) in [5.74, 6) is 0.548. The second kappa shape index (κ2) is 4.73. The number of nitrogens with one attached hydrogen (secondary N) is 1. The van der Waals surface area contributed by atoms with E-state index in [1.165, 1.54) is 4.68 Å². The van der Waals surface area contributed by atoms with Gasteiger partial charge in [-0.25, -0.2) is 13.1 Å².